The van der Waals surface area contributed by atoms with Crippen molar-refractivity contribution >= 4 is 6.09 Å². The molecule has 3 rings (SSSR count). The third-order valence-corrected chi connectivity index (χ3v) is 5.95. The molecule has 1 aliphatic carbocycles. The first kappa shape index (κ1) is 21.0. The van der Waals surface area contributed by atoms with Gasteiger partial charge in [-0.2, -0.15) is 15.8 Å². The Hall–Kier alpha value is -3.76. The van der Waals surface area contributed by atoms with Gasteiger partial charge in [-0.25, -0.2) is 4.79 Å². The van der Waals surface area contributed by atoms with Gasteiger partial charge in [0.05, 0.1) is 30.0 Å². The van der Waals surface area contributed by atoms with E-state index in [-0.39, 0.29) is 30.3 Å². The van der Waals surface area contributed by atoms with E-state index >= 15 is 0 Å². The van der Waals surface area contributed by atoms with Crippen LogP contribution in [0.2, 0.25) is 0 Å². The maximum absolute atomic E-state index is 12.3. The summed E-state index contributed by atoms with van der Waals surface area (Å²) in [5, 5.41) is 29.8. The first-order valence-corrected chi connectivity index (χ1v) is 9.91. The Morgan fingerprint density at radius 2 is 1.97 bits per heavy atom. The summed E-state index contributed by atoms with van der Waals surface area (Å²) in [7, 11) is 0. The Morgan fingerprint density at radius 1 is 1.27 bits per heavy atom. The maximum Gasteiger partial charge on any atom is 0.410 e. The highest BCUT2D eigenvalue weighted by molar-refractivity contribution is 5.69. The van der Waals surface area contributed by atoms with Crippen molar-refractivity contribution in [3.63, 3.8) is 0 Å². The lowest BCUT2D eigenvalue weighted by Crippen LogP contribution is -2.50. The normalized spacial score (nSPS) is 22.1. The molecule has 0 fully saturated rings. The van der Waals surface area contributed by atoms with Crippen LogP contribution < -0.4 is 5.73 Å². The Balaban J connectivity index is 2.05. The molecule has 0 spiro atoms. The minimum Gasteiger partial charge on any atom is -0.450 e. The molecule has 0 aromatic heterocycles. The zero-order valence-corrected chi connectivity index (χ0v) is 16.8. The number of ether oxygens (including phenoxy) is 1. The van der Waals surface area contributed by atoms with Crippen molar-refractivity contribution in [3.8, 4) is 18.2 Å². The van der Waals surface area contributed by atoms with Gasteiger partial charge < -0.3 is 15.4 Å². The van der Waals surface area contributed by atoms with Crippen molar-refractivity contribution in [1.82, 2.24) is 4.90 Å². The summed E-state index contributed by atoms with van der Waals surface area (Å²) in [6.45, 7) is 2.55. The van der Waals surface area contributed by atoms with Crippen molar-refractivity contribution in [1.29, 1.82) is 15.8 Å². The second-order valence-electron chi connectivity index (χ2n) is 7.43. The molecule has 0 unspecified atom stereocenters. The number of amides is 1. The lowest BCUT2D eigenvalue weighted by molar-refractivity contribution is 0.0928. The van der Waals surface area contributed by atoms with E-state index in [2.05, 4.69) is 18.2 Å². The molecule has 7 heteroatoms. The smallest absolute Gasteiger partial charge is 0.410 e. The number of nitrogens with two attached hydrogens (primary N) is 1. The number of carbonyl (C=O) groups is 1. The van der Waals surface area contributed by atoms with E-state index in [0.29, 0.717) is 19.4 Å². The third-order valence-electron chi connectivity index (χ3n) is 5.95. The highest BCUT2D eigenvalue weighted by atomic mass is 16.6. The molecule has 0 saturated heterocycles. The summed E-state index contributed by atoms with van der Waals surface area (Å²) >= 11 is 0. The number of benzene rings is 1. The van der Waals surface area contributed by atoms with E-state index in [1.165, 1.54) is 0 Å². The van der Waals surface area contributed by atoms with Crippen LogP contribution in [0.1, 0.15) is 18.9 Å². The number of allylic oxidation sites excluding steroid dienone is 2. The second-order valence-corrected chi connectivity index (χ2v) is 7.43. The first-order chi connectivity index (χ1) is 14.5. The lowest BCUT2D eigenvalue weighted by atomic mass is 9.58. The molecule has 152 valence electrons. The monoisotopic (exact) mass is 401 g/mol. The van der Waals surface area contributed by atoms with Gasteiger partial charge >= 0.3 is 6.09 Å². The molecule has 7 nitrogen and oxygen atoms in total. The number of hydrogen-bond donors (Lipinski definition) is 1. The van der Waals surface area contributed by atoms with Crippen LogP contribution in [0.3, 0.4) is 0 Å². The molecule has 1 amide bonds. The molecular formula is C23H23N5O2. The molecular weight excluding hydrogens is 378 g/mol. The Labute approximate surface area is 176 Å². The van der Waals surface area contributed by atoms with Gasteiger partial charge in [-0.05, 0) is 30.9 Å². The Kier molecular flexibility index (Phi) is 6.09. The molecule has 30 heavy (non-hydrogen) atoms. The van der Waals surface area contributed by atoms with Gasteiger partial charge in [0.25, 0.3) is 0 Å². The summed E-state index contributed by atoms with van der Waals surface area (Å²) in [6, 6.07) is 16.1. The van der Waals surface area contributed by atoms with E-state index in [1.807, 2.05) is 30.3 Å². The summed E-state index contributed by atoms with van der Waals surface area (Å²) in [4.78, 5) is 13.9. The molecule has 0 bridgehead atoms. The minimum absolute atomic E-state index is 0.0140. The standard InChI is InChI=1S/C23H23N5O2/c1-2-30-22(29)28-11-10-17-18(12-24)21(27)23(14-25,15-26)20(19(17)13-28)9-8-16-6-4-3-5-7-16/h3-7,10,19-20H,2,8-9,11,13,27H2,1H3/t19-,20+/m0/s1. The highest BCUT2D eigenvalue weighted by Crippen LogP contribution is 2.51. The average Bonchev–Trinajstić information content (AvgIpc) is 2.78. The van der Waals surface area contributed by atoms with Gasteiger partial charge in [-0.1, -0.05) is 36.4 Å². The van der Waals surface area contributed by atoms with Crippen molar-refractivity contribution in [3.05, 3.63) is 58.8 Å². The SMILES string of the molecule is CCOC(=O)N1CC=C2C(C#N)=C(N)C(C#N)(C#N)[C@H](CCc3ccccc3)[C@H]2C1. The van der Waals surface area contributed by atoms with Gasteiger partial charge in [-0.15, -0.1) is 0 Å². The summed E-state index contributed by atoms with van der Waals surface area (Å²) in [6.07, 6.45) is 2.51. The molecule has 1 aromatic rings. The average molecular weight is 401 g/mol. The van der Waals surface area contributed by atoms with Crippen LogP contribution in [-0.2, 0) is 11.2 Å². The fraction of sp³-hybridized carbons (Fsp3) is 0.391. The lowest BCUT2D eigenvalue weighted by Gasteiger charge is -2.45. The van der Waals surface area contributed by atoms with Crippen LogP contribution in [-0.4, -0.2) is 30.7 Å². The predicted octanol–water partition coefficient (Wildman–Crippen LogP) is 3.03. The van der Waals surface area contributed by atoms with Gasteiger partial charge in [-0.3, -0.25) is 0 Å². The second kappa shape index (κ2) is 8.72. The molecule has 2 aliphatic rings. The zero-order valence-electron chi connectivity index (χ0n) is 16.8. The van der Waals surface area contributed by atoms with Gasteiger partial charge in [0.15, 0.2) is 5.41 Å². The largest absolute Gasteiger partial charge is 0.450 e. The van der Waals surface area contributed by atoms with E-state index in [9.17, 15) is 20.6 Å². The molecule has 2 atom stereocenters. The molecule has 2 N–H and O–H groups in total. The molecule has 1 aliphatic heterocycles. The van der Waals surface area contributed by atoms with E-state index in [4.69, 9.17) is 10.5 Å². The number of aryl methyl sites for hydroxylation is 1. The molecule has 0 radical (unpaired) electrons. The fourth-order valence-electron chi connectivity index (χ4n) is 4.44. The van der Waals surface area contributed by atoms with Crippen LogP contribution in [0.5, 0.6) is 0 Å². The summed E-state index contributed by atoms with van der Waals surface area (Å²) in [5.74, 6) is -0.818. The van der Waals surface area contributed by atoms with Crippen molar-refractivity contribution in [2.75, 3.05) is 19.7 Å². The third kappa shape index (κ3) is 3.49. The summed E-state index contributed by atoms with van der Waals surface area (Å²) in [5.41, 5.74) is 6.64. The number of carbonyl (C=O) groups excluding carboxylic acids is 1. The molecule has 1 aromatic carbocycles. The van der Waals surface area contributed by atoms with Crippen LogP contribution >= 0.6 is 0 Å². The summed E-state index contributed by atoms with van der Waals surface area (Å²) < 4.78 is 5.13. The highest BCUT2D eigenvalue weighted by Gasteiger charge is 2.53. The van der Waals surface area contributed by atoms with Crippen molar-refractivity contribution in [2.45, 2.75) is 19.8 Å². The Bertz CT molecular complexity index is 993. The first-order valence-electron chi connectivity index (χ1n) is 9.91. The number of hydrogen-bond acceptors (Lipinski definition) is 6. The van der Waals surface area contributed by atoms with Gasteiger partial charge in [0.2, 0.25) is 0 Å². The van der Waals surface area contributed by atoms with Crippen LogP contribution in [0.15, 0.2) is 53.3 Å². The maximum atomic E-state index is 12.3. The van der Waals surface area contributed by atoms with Gasteiger partial charge in [0, 0.05) is 24.9 Å². The zero-order chi connectivity index (χ0) is 21.7. The van der Waals surface area contributed by atoms with Gasteiger partial charge in [0.1, 0.15) is 6.07 Å². The quantitative estimate of drug-likeness (QED) is 0.826. The van der Waals surface area contributed by atoms with Crippen molar-refractivity contribution in [2.24, 2.45) is 23.0 Å². The number of nitrogens with zero attached hydrogens (tertiary/aromatic N) is 4. The number of fused-ring (bicyclic) bond motifs is 1. The van der Waals surface area contributed by atoms with Crippen molar-refractivity contribution < 1.29 is 9.53 Å². The van der Waals surface area contributed by atoms with E-state index < -0.39 is 17.4 Å². The topological polar surface area (TPSA) is 127 Å². The minimum atomic E-state index is -1.63. The van der Waals surface area contributed by atoms with Crippen LogP contribution in [0.4, 0.5) is 4.79 Å². The van der Waals surface area contributed by atoms with E-state index in [1.54, 1.807) is 17.9 Å². The number of nitriles is 3. The fourth-order valence-corrected chi connectivity index (χ4v) is 4.44. The van der Waals surface area contributed by atoms with E-state index in [0.717, 1.165) is 11.1 Å². The van der Waals surface area contributed by atoms with Crippen LogP contribution in [0, 0.1) is 51.2 Å². The molecule has 0 saturated carbocycles. The Morgan fingerprint density at radius 3 is 2.57 bits per heavy atom. The number of rotatable bonds is 4. The molecule has 1 heterocycles. The van der Waals surface area contributed by atoms with Crippen LogP contribution in [0.25, 0.3) is 0 Å². The predicted molar refractivity (Wildman–Crippen MR) is 109 cm³/mol.